The van der Waals surface area contributed by atoms with E-state index in [1.165, 1.54) is 154 Å². The number of hydrogen-bond donors (Lipinski definition) is 3. The van der Waals surface area contributed by atoms with Crippen LogP contribution in [0.3, 0.4) is 0 Å². The van der Waals surface area contributed by atoms with E-state index in [1.54, 1.807) is 6.08 Å². The molecule has 0 aliphatic rings. The number of nitrogens with one attached hydrogen (secondary N) is 1. The van der Waals surface area contributed by atoms with Crippen LogP contribution in [0.1, 0.15) is 200 Å². The molecule has 0 radical (unpaired) electrons. The smallest absolute Gasteiger partial charge is 0.220 e. The van der Waals surface area contributed by atoms with Crippen LogP contribution in [0.25, 0.3) is 0 Å². The van der Waals surface area contributed by atoms with Gasteiger partial charge >= 0.3 is 0 Å². The highest BCUT2D eigenvalue weighted by Crippen LogP contribution is 2.15. The van der Waals surface area contributed by atoms with Crippen LogP contribution < -0.4 is 5.32 Å². The Morgan fingerprint density at radius 3 is 1.27 bits per heavy atom. The Balaban J connectivity index is 3.44. The highest BCUT2D eigenvalue weighted by molar-refractivity contribution is 5.76. The van der Waals surface area contributed by atoms with E-state index in [9.17, 15) is 15.0 Å². The van der Waals surface area contributed by atoms with E-state index in [0.717, 1.165) is 25.7 Å². The summed E-state index contributed by atoms with van der Waals surface area (Å²) in [6.45, 7) is 4.26. The molecule has 0 aliphatic heterocycles. The monoisotopic (exact) mass is 580 g/mol. The molecular weight excluding hydrogens is 506 g/mol. The zero-order valence-electron chi connectivity index (χ0n) is 27.8. The minimum Gasteiger partial charge on any atom is -0.394 e. The fraction of sp³-hybridized carbons (Fsp3) is 0.919. The quantitative estimate of drug-likeness (QED) is 0.0535. The lowest BCUT2D eigenvalue weighted by atomic mass is 10.0. The van der Waals surface area contributed by atoms with Crippen LogP contribution in [-0.2, 0) is 4.79 Å². The van der Waals surface area contributed by atoms with Crippen molar-refractivity contribution in [2.75, 3.05) is 6.61 Å². The molecule has 0 saturated carbocycles. The van der Waals surface area contributed by atoms with E-state index in [4.69, 9.17) is 0 Å². The molecule has 4 heteroatoms. The third kappa shape index (κ3) is 30.4. The van der Waals surface area contributed by atoms with Crippen molar-refractivity contribution in [2.45, 2.75) is 212 Å². The van der Waals surface area contributed by atoms with Gasteiger partial charge in [-0.3, -0.25) is 4.79 Å². The number of carbonyl (C=O) groups is 1. The molecular formula is C37H73NO3. The van der Waals surface area contributed by atoms with Crippen molar-refractivity contribution in [1.29, 1.82) is 0 Å². The van der Waals surface area contributed by atoms with E-state index < -0.39 is 12.1 Å². The minimum atomic E-state index is -0.830. The van der Waals surface area contributed by atoms with Gasteiger partial charge < -0.3 is 15.5 Å². The Bertz CT molecular complexity index is 550. The Hall–Kier alpha value is -0.870. The van der Waals surface area contributed by atoms with Gasteiger partial charge in [-0.1, -0.05) is 187 Å². The number of unbranched alkanes of at least 4 members (excludes halogenated alkanes) is 26. The summed E-state index contributed by atoms with van der Waals surface area (Å²) in [6, 6.07) is -0.612. The first-order valence-corrected chi connectivity index (χ1v) is 18.4. The maximum absolute atomic E-state index is 12.2. The van der Waals surface area contributed by atoms with Crippen molar-refractivity contribution in [1.82, 2.24) is 5.32 Å². The van der Waals surface area contributed by atoms with Crippen LogP contribution in [0.4, 0.5) is 0 Å². The van der Waals surface area contributed by atoms with Crippen molar-refractivity contribution in [2.24, 2.45) is 0 Å². The van der Waals surface area contributed by atoms with E-state index >= 15 is 0 Å². The molecule has 0 aromatic heterocycles. The average molecular weight is 580 g/mol. The molecule has 0 aromatic carbocycles. The Labute approximate surface area is 256 Å². The lowest BCUT2D eigenvalue weighted by Gasteiger charge is -2.20. The number of carbonyl (C=O) groups excluding carboxylic acids is 1. The van der Waals surface area contributed by atoms with Gasteiger partial charge in [-0.05, 0) is 19.3 Å². The second kappa shape index (κ2) is 33.6. The SMILES string of the molecule is CCCCCCC/C=C/C(O)C(CO)NC(=O)CCCCCCCCCCCCCCCCCCCCCCCC. The van der Waals surface area contributed by atoms with Crippen molar-refractivity contribution >= 4 is 5.91 Å². The fourth-order valence-electron chi connectivity index (χ4n) is 5.65. The topological polar surface area (TPSA) is 69.6 Å². The van der Waals surface area contributed by atoms with Crippen LogP contribution in [0, 0.1) is 0 Å². The van der Waals surface area contributed by atoms with Crippen molar-refractivity contribution in [3.63, 3.8) is 0 Å². The largest absolute Gasteiger partial charge is 0.394 e. The first kappa shape index (κ1) is 40.1. The molecule has 0 rings (SSSR count). The summed E-state index contributed by atoms with van der Waals surface area (Å²) in [5.41, 5.74) is 0. The highest BCUT2D eigenvalue weighted by atomic mass is 16.3. The summed E-state index contributed by atoms with van der Waals surface area (Å²) in [6.07, 6.45) is 40.3. The minimum absolute atomic E-state index is 0.0655. The van der Waals surface area contributed by atoms with Gasteiger partial charge in [0.2, 0.25) is 5.91 Å². The molecule has 0 spiro atoms. The molecule has 3 N–H and O–H groups in total. The summed E-state index contributed by atoms with van der Waals surface area (Å²) < 4.78 is 0. The lowest BCUT2D eigenvalue weighted by molar-refractivity contribution is -0.123. The molecule has 0 fully saturated rings. The molecule has 0 bridgehead atoms. The summed E-state index contributed by atoms with van der Waals surface area (Å²) in [4.78, 5) is 12.2. The average Bonchev–Trinajstić information content (AvgIpc) is 2.97. The normalized spacial score (nSPS) is 13.2. The highest BCUT2D eigenvalue weighted by Gasteiger charge is 2.17. The molecule has 4 nitrogen and oxygen atoms in total. The van der Waals surface area contributed by atoms with Gasteiger partial charge in [-0.2, -0.15) is 0 Å². The van der Waals surface area contributed by atoms with Crippen molar-refractivity contribution in [3.8, 4) is 0 Å². The first-order valence-electron chi connectivity index (χ1n) is 18.4. The standard InChI is InChI=1S/C37H73NO3/c1-3-5-7-9-11-12-13-14-15-16-17-18-19-20-21-22-23-24-25-27-29-31-33-37(41)38-35(34-39)36(40)32-30-28-26-10-8-6-4-2/h30,32,35-36,39-40H,3-29,31,33-34H2,1-2H3,(H,38,41)/b32-30+. The van der Waals surface area contributed by atoms with Crippen molar-refractivity contribution in [3.05, 3.63) is 12.2 Å². The number of rotatable bonds is 33. The molecule has 2 atom stereocenters. The zero-order chi connectivity index (χ0) is 30.1. The summed E-state index contributed by atoms with van der Waals surface area (Å²) in [5.74, 6) is -0.0655. The van der Waals surface area contributed by atoms with Gasteiger partial charge in [-0.15, -0.1) is 0 Å². The number of aliphatic hydroxyl groups is 2. The molecule has 41 heavy (non-hydrogen) atoms. The maximum atomic E-state index is 12.2. The van der Waals surface area contributed by atoms with Gasteiger partial charge in [0.25, 0.3) is 0 Å². The molecule has 244 valence electrons. The second-order valence-electron chi connectivity index (χ2n) is 12.7. The van der Waals surface area contributed by atoms with Gasteiger partial charge in [0.05, 0.1) is 18.8 Å². The first-order chi connectivity index (χ1) is 20.2. The maximum Gasteiger partial charge on any atom is 0.220 e. The van der Waals surface area contributed by atoms with Gasteiger partial charge in [0, 0.05) is 6.42 Å². The third-order valence-corrected chi connectivity index (χ3v) is 8.52. The number of hydrogen-bond acceptors (Lipinski definition) is 3. The molecule has 2 unspecified atom stereocenters. The zero-order valence-corrected chi connectivity index (χ0v) is 27.8. The molecule has 0 saturated heterocycles. The van der Waals surface area contributed by atoms with Crippen LogP contribution >= 0.6 is 0 Å². The van der Waals surface area contributed by atoms with Crippen LogP contribution in [0.5, 0.6) is 0 Å². The molecule has 0 heterocycles. The van der Waals surface area contributed by atoms with Crippen molar-refractivity contribution < 1.29 is 15.0 Å². The second-order valence-corrected chi connectivity index (χ2v) is 12.7. The number of allylic oxidation sites excluding steroid dienone is 1. The van der Waals surface area contributed by atoms with Crippen LogP contribution in [0.15, 0.2) is 12.2 Å². The summed E-state index contributed by atoms with van der Waals surface area (Å²) in [5, 5.41) is 22.7. The van der Waals surface area contributed by atoms with E-state index in [2.05, 4.69) is 19.2 Å². The van der Waals surface area contributed by atoms with Crippen LogP contribution in [-0.4, -0.2) is 34.9 Å². The lowest BCUT2D eigenvalue weighted by Crippen LogP contribution is -2.45. The summed E-state index contributed by atoms with van der Waals surface area (Å²) >= 11 is 0. The predicted molar refractivity (Wildman–Crippen MR) is 179 cm³/mol. The molecule has 0 aromatic rings. The Morgan fingerprint density at radius 2 is 0.902 bits per heavy atom. The summed E-state index contributed by atoms with van der Waals surface area (Å²) in [7, 11) is 0. The van der Waals surface area contributed by atoms with E-state index in [-0.39, 0.29) is 12.5 Å². The Kier molecular flexibility index (Phi) is 32.9. The van der Waals surface area contributed by atoms with E-state index in [0.29, 0.717) is 6.42 Å². The third-order valence-electron chi connectivity index (χ3n) is 8.52. The van der Waals surface area contributed by atoms with Gasteiger partial charge in [0.1, 0.15) is 0 Å². The molecule has 0 aliphatic carbocycles. The fourth-order valence-corrected chi connectivity index (χ4v) is 5.65. The number of amides is 1. The number of aliphatic hydroxyl groups excluding tert-OH is 2. The van der Waals surface area contributed by atoms with E-state index in [1.807, 2.05) is 6.08 Å². The van der Waals surface area contributed by atoms with Gasteiger partial charge in [0.15, 0.2) is 0 Å². The van der Waals surface area contributed by atoms with Gasteiger partial charge in [-0.25, -0.2) is 0 Å². The van der Waals surface area contributed by atoms with Crippen LogP contribution in [0.2, 0.25) is 0 Å². The predicted octanol–water partition coefficient (Wildman–Crippen LogP) is 10.7. The Morgan fingerprint density at radius 1 is 0.561 bits per heavy atom. The molecule has 1 amide bonds.